The van der Waals surface area contributed by atoms with E-state index in [0.717, 1.165) is 201 Å². The maximum atomic E-state index is 10.0. The van der Waals surface area contributed by atoms with Crippen molar-refractivity contribution in [2.24, 2.45) is 0 Å². The van der Waals surface area contributed by atoms with Crippen molar-refractivity contribution < 1.29 is 0 Å². The van der Waals surface area contributed by atoms with E-state index in [1.165, 1.54) is 32.3 Å². The fourth-order valence-electron chi connectivity index (χ4n) is 20.5. The average molecular weight is 1760 g/mol. The molecule has 0 amide bonds. The molecule has 27 rings (SSSR count). The summed E-state index contributed by atoms with van der Waals surface area (Å²) in [5.41, 5.74) is 26.4. The molecule has 0 bridgehead atoms. The summed E-state index contributed by atoms with van der Waals surface area (Å²) in [6.45, 7) is 0. The third kappa shape index (κ3) is 13.6. The Kier molecular flexibility index (Phi) is 19.7. The summed E-state index contributed by atoms with van der Waals surface area (Å²) in [5.74, 6) is 4.76. The minimum absolute atomic E-state index is 0.630. The van der Waals surface area contributed by atoms with Crippen molar-refractivity contribution in [1.82, 2.24) is 57.3 Å². The molecule has 642 valence electrons. The summed E-state index contributed by atoms with van der Waals surface area (Å²) in [5, 5.41) is 42.8. The third-order valence-electron chi connectivity index (χ3n) is 26.5. The van der Waals surface area contributed by atoms with Gasteiger partial charge in [0.05, 0.1) is 84.5 Å². The zero-order valence-electron chi connectivity index (χ0n) is 74.0. The van der Waals surface area contributed by atoms with Gasteiger partial charge in [0.2, 0.25) is 0 Å². The SMILES string of the molecule is N#Cc1ccc(-c2ccccc2-c2cc(-n3c4ccccc4c4ccccc43)nc(-n3c4ccccc4c4cccnc43)c2)cc1.N#Cc1cccc(-c2ccccc2-c2cc(-n3c4ccccc4c4ccccc43)nc(-n3c4ccccc4c4cccnc43)c2)c1.N#Cc1ccccc1-c1ccccc1-c1cc(-n2c3ccccc3c3ccccc32)nc(-n2c3ccccc3c3cccnc32)c1. The molecule has 12 aromatic heterocycles. The van der Waals surface area contributed by atoms with Gasteiger partial charge in [-0.25, -0.2) is 29.9 Å². The van der Waals surface area contributed by atoms with Crippen LogP contribution >= 0.6 is 0 Å². The van der Waals surface area contributed by atoms with E-state index in [1.807, 2.05) is 116 Å². The van der Waals surface area contributed by atoms with E-state index >= 15 is 0 Å². The van der Waals surface area contributed by atoms with Crippen molar-refractivity contribution in [3.05, 3.63) is 472 Å². The number of para-hydroxylation sites is 9. The van der Waals surface area contributed by atoms with Crippen LogP contribution in [0.15, 0.2) is 455 Å². The Hall–Kier alpha value is -19.5. The maximum Gasteiger partial charge on any atom is 0.146 e. The summed E-state index contributed by atoms with van der Waals surface area (Å²) in [6, 6.07) is 157. The van der Waals surface area contributed by atoms with E-state index in [2.05, 4.69) is 385 Å². The van der Waals surface area contributed by atoms with Crippen LogP contribution in [0.25, 0.3) is 233 Å². The fraction of sp³-hybridized carbons (Fsp3) is 0. The Balaban J connectivity index is 0.000000110. The molecular weight excluding hydrogens is 1690 g/mol. The number of pyridine rings is 6. The second-order valence-electron chi connectivity index (χ2n) is 34.2. The van der Waals surface area contributed by atoms with Crippen LogP contribution in [0.2, 0.25) is 0 Å². The topological polar surface area (TPSA) is 178 Å². The van der Waals surface area contributed by atoms with Gasteiger partial charge < -0.3 is 0 Å². The number of hydrogen-bond donors (Lipinski definition) is 0. The van der Waals surface area contributed by atoms with E-state index in [1.54, 1.807) is 0 Å². The lowest BCUT2D eigenvalue weighted by Crippen LogP contribution is -2.05. The summed E-state index contributed by atoms with van der Waals surface area (Å²) in [6.07, 6.45) is 5.52. The van der Waals surface area contributed by atoms with Crippen LogP contribution in [-0.2, 0) is 0 Å². The standard InChI is InChI=1S/3C41H25N5/c42-26-27-11-9-12-28(23-27)30-13-1-2-14-31(30)29-24-39(45-36-19-6-3-15-32(36)33-16-4-7-20-37(33)45)44-40(25-29)46-38-21-8-5-17-34(38)35-18-10-22-43-41(35)46;42-26-27-19-21-28(22-20-27)30-10-1-2-11-31(30)29-24-39(45-36-16-6-3-12-32(36)33-13-4-7-17-37(33)45)44-40(25-29)46-38-18-8-5-14-34(38)35-15-9-23-43-41(35)46;42-26-27-12-1-2-13-29(27)31-15-4-3-14-30(31)28-24-39(45-36-20-8-5-16-32(36)33-17-6-9-21-37(33)45)44-40(25-28)46-38-22-10-7-18-34(38)35-19-11-23-43-41(35)46/h3*1-25H. The number of fused-ring (bicyclic) bond motifs is 18. The first-order valence-corrected chi connectivity index (χ1v) is 45.7. The van der Waals surface area contributed by atoms with E-state index in [-0.39, 0.29) is 0 Å². The van der Waals surface area contributed by atoms with Crippen LogP contribution in [0, 0.1) is 34.0 Å². The van der Waals surface area contributed by atoms with Crippen LogP contribution in [0.3, 0.4) is 0 Å². The molecule has 12 heterocycles. The monoisotopic (exact) mass is 1760 g/mol. The van der Waals surface area contributed by atoms with Gasteiger partial charge in [0.25, 0.3) is 0 Å². The molecule has 27 aromatic rings. The molecule has 15 aromatic carbocycles. The van der Waals surface area contributed by atoms with Crippen LogP contribution in [0.1, 0.15) is 16.7 Å². The minimum atomic E-state index is 0.630. The molecular formula is C123H75N15. The highest BCUT2D eigenvalue weighted by Gasteiger charge is 2.27. The van der Waals surface area contributed by atoms with Gasteiger partial charge in [-0.1, -0.05) is 279 Å². The van der Waals surface area contributed by atoms with Gasteiger partial charge in [0, 0.05) is 88.8 Å². The molecule has 0 N–H and O–H groups in total. The predicted molar refractivity (Wildman–Crippen MR) is 559 cm³/mol. The molecule has 0 atom stereocenters. The van der Waals surface area contributed by atoms with Crippen molar-refractivity contribution in [2.45, 2.75) is 0 Å². The highest BCUT2D eigenvalue weighted by Crippen LogP contribution is 2.45. The van der Waals surface area contributed by atoms with Gasteiger partial charge in [0.1, 0.15) is 51.8 Å². The van der Waals surface area contributed by atoms with Crippen molar-refractivity contribution in [3.63, 3.8) is 0 Å². The highest BCUT2D eigenvalue weighted by atomic mass is 15.2. The van der Waals surface area contributed by atoms with Crippen molar-refractivity contribution >= 4 is 131 Å². The molecule has 0 unspecified atom stereocenters. The first-order valence-electron chi connectivity index (χ1n) is 45.7. The molecule has 15 nitrogen and oxygen atoms in total. The maximum absolute atomic E-state index is 10.0. The van der Waals surface area contributed by atoms with Gasteiger partial charge in [-0.3, -0.25) is 27.4 Å². The molecule has 0 aliphatic carbocycles. The number of rotatable bonds is 12. The number of nitrogens with zero attached hydrogens (tertiary/aromatic N) is 15. The van der Waals surface area contributed by atoms with Crippen molar-refractivity contribution in [2.75, 3.05) is 0 Å². The number of benzene rings is 15. The van der Waals surface area contributed by atoms with Crippen molar-refractivity contribution in [1.29, 1.82) is 15.8 Å². The largest absolute Gasteiger partial charge is 0.294 e. The number of hydrogen-bond acceptors (Lipinski definition) is 9. The van der Waals surface area contributed by atoms with Gasteiger partial charge in [-0.2, -0.15) is 15.8 Å². The van der Waals surface area contributed by atoms with Gasteiger partial charge in [0.15, 0.2) is 0 Å². The molecule has 0 saturated carbocycles. The molecule has 0 aliphatic heterocycles. The smallest absolute Gasteiger partial charge is 0.146 e. The average Bonchev–Trinajstić information content (AvgIpc) is 1.58. The molecule has 0 saturated heterocycles. The Bertz CT molecular complexity index is 9040. The Morgan fingerprint density at radius 1 is 0.167 bits per heavy atom. The third-order valence-corrected chi connectivity index (χ3v) is 26.5. The molecule has 0 radical (unpaired) electrons. The second-order valence-corrected chi connectivity index (χ2v) is 34.2. The van der Waals surface area contributed by atoms with Crippen molar-refractivity contribution in [3.8, 4) is 120 Å². The van der Waals surface area contributed by atoms with E-state index in [0.29, 0.717) is 16.7 Å². The normalized spacial score (nSPS) is 11.5. The number of aromatic nitrogens is 12. The Morgan fingerprint density at radius 2 is 0.413 bits per heavy atom. The molecule has 0 fully saturated rings. The Morgan fingerprint density at radius 3 is 0.732 bits per heavy atom. The molecule has 15 heteroatoms. The zero-order valence-corrected chi connectivity index (χ0v) is 74.0. The van der Waals surface area contributed by atoms with Crippen LogP contribution in [0.5, 0.6) is 0 Å². The van der Waals surface area contributed by atoms with Crippen LogP contribution in [0.4, 0.5) is 0 Å². The summed E-state index contributed by atoms with van der Waals surface area (Å²) >= 11 is 0. The lowest BCUT2D eigenvalue weighted by molar-refractivity contribution is 1.00. The van der Waals surface area contributed by atoms with E-state index in [4.69, 9.17) is 29.9 Å². The van der Waals surface area contributed by atoms with Gasteiger partial charge in [-0.15, -0.1) is 0 Å². The summed E-state index contributed by atoms with van der Waals surface area (Å²) in [4.78, 5) is 30.8. The highest BCUT2D eigenvalue weighted by molar-refractivity contribution is 6.14. The van der Waals surface area contributed by atoms with Gasteiger partial charge >= 0.3 is 0 Å². The Labute approximate surface area is 791 Å². The quantitative estimate of drug-likeness (QED) is 0.115. The lowest BCUT2D eigenvalue weighted by Gasteiger charge is -2.16. The minimum Gasteiger partial charge on any atom is -0.294 e. The van der Waals surface area contributed by atoms with E-state index < -0.39 is 0 Å². The lowest BCUT2D eigenvalue weighted by atomic mass is 9.92. The first-order chi connectivity index (χ1) is 68.4. The van der Waals surface area contributed by atoms with Crippen LogP contribution < -0.4 is 0 Å². The predicted octanol–water partition coefficient (Wildman–Crippen LogP) is 29.6. The number of nitriles is 3. The second kappa shape index (κ2) is 33.7. The summed E-state index contributed by atoms with van der Waals surface area (Å²) < 4.78 is 13.3. The molecule has 138 heavy (non-hydrogen) atoms. The summed E-state index contributed by atoms with van der Waals surface area (Å²) in [7, 11) is 0. The van der Waals surface area contributed by atoms with Gasteiger partial charge in [-0.05, 0) is 219 Å². The van der Waals surface area contributed by atoms with Crippen LogP contribution in [-0.4, -0.2) is 57.3 Å². The van der Waals surface area contributed by atoms with E-state index in [9.17, 15) is 15.8 Å². The molecule has 0 spiro atoms. The fourth-order valence-corrected chi connectivity index (χ4v) is 20.5. The zero-order chi connectivity index (χ0) is 91.8. The first kappa shape index (κ1) is 80.5. The molecule has 0 aliphatic rings.